The second-order valence-electron chi connectivity index (χ2n) is 7.04. The Morgan fingerprint density at radius 1 is 1.54 bits per heavy atom. The Balaban J connectivity index is 1.95. The number of ether oxygens (including phenoxy) is 1. The third-order valence-electron chi connectivity index (χ3n) is 3.70. The van der Waals surface area contributed by atoms with Gasteiger partial charge in [-0.05, 0) is 34.1 Å². The van der Waals surface area contributed by atoms with Crippen LogP contribution < -0.4 is 5.32 Å². The Bertz CT molecular complexity index is 596. The van der Waals surface area contributed by atoms with Crippen LogP contribution in [0.5, 0.6) is 0 Å². The lowest BCUT2D eigenvalue weighted by Gasteiger charge is -2.21. The average molecular weight is 341 g/mol. The molecule has 1 aromatic rings. The predicted molar refractivity (Wildman–Crippen MR) is 84.3 cm³/mol. The molecule has 0 bridgehead atoms. The van der Waals surface area contributed by atoms with Gasteiger partial charge in [0.1, 0.15) is 5.60 Å². The fraction of sp³-hybridized carbons (Fsp3) is 0.688. The molecule has 0 aliphatic carbocycles. The normalized spacial score (nSPS) is 19.2. The molecule has 0 spiro atoms. The molecule has 2 amide bonds. The number of hydrogen-bond donors (Lipinski definition) is 1. The summed E-state index contributed by atoms with van der Waals surface area (Å²) in [5.41, 5.74) is -0.447. The first-order valence-corrected chi connectivity index (χ1v) is 8.01. The zero-order chi connectivity index (χ0) is 17.9. The van der Waals surface area contributed by atoms with Crippen LogP contribution in [0.25, 0.3) is 0 Å². The Hall–Kier alpha value is -2.12. The van der Waals surface area contributed by atoms with Crippen molar-refractivity contribution in [1.29, 1.82) is 0 Å². The van der Waals surface area contributed by atoms with Crippen LogP contribution in [0.15, 0.2) is 10.6 Å². The minimum Gasteiger partial charge on any atom is -0.444 e. The monoisotopic (exact) mass is 341 g/mol. The van der Waals surface area contributed by atoms with Crippen LogP contribution in [0, 0.1) is 5.92 Å². The molecule has 1 aromatic heterocycles. The number of halogens is 1. The summed E-state index contributed by atoms with van der Waals surface area (Å²) < 4.78 is 23.0. The van der Waals surface area contributed by atoms with Gasteiger partial charge in [0.05, 0.1) is 12.7 Å². The fourth-order valence-corrected chi connectivity index (χ4v) is 2.45. The van der Waals surface area contributed by atoms with Crippen LogP contribution in [-0.4, -0.2) is 47.4 Å². The summed E-state index contributed by atoms with van der Waals surface area (Å²) in [7, 11) is 0. The molecule has 0 saturated carbocycles. The third kappa shape index (κ3) is 4.69. The van der Waals surface area contributed by atoms with Crippen LogP contribution in [0.2, 0.25) is 0 Å². The van der Waals surface area contributed by atoms with Crippen molar-refractivity contribution in [3.63, 3.8) is 0 Å². The first-order chi connectivity index (χ1) is 11.2. The minimum absolute atomic E-state index is 0.104. The lowest BCUT2D eigenvalue weighted by atomic mass is 10.1. The summed E-state index contributed by atoms with van der Waals surface area (Å²) in [6.45, 7) is 7.48. The molecule has 8 heteroatoms. The zero-order valence-corrected chi connectivity index (χ0v) is 14.5. The highest BCUT2D eigenvalue weighted by molar-refractivity contribution is 5.92. The summed E-state index contributed by atoms with van der Waals surface area (Å²) in [6, 6.07) is 0.999. The molecule has 2 unspecified atom stereocenters. The van der Waals surface area contributed by atoms with E-state index in [0.29, 0.717) is 25.3 Å². The Kier molecular flexibility index (Phi) is 5.46. The maximum atomic E-state index is 12.7. The van der Waals surface area contributed by atoms with Gasteiger partial charge in [0.25, 0.3) is 5.91 Å². The van der Waals surface area contributed by atoms with Gasteiger partial charge >= 0.3 is 6.09 Å². The summed E-state index contributed by atoms with van der Waals surface area (Å²) in [5.74, 6) is -0.0380. The molecule has 1 saturated heterocycles. The molecule has 134 valence electrons. The fourth-order valence-electron chi connectivity index (χ4n) is 2.45. The number of likely N-dealkylation sites (tertiary alicyclic amines) is 1. The average Bonchev–Trinajstić information content (AvgIpc) is 3.13. The maximum absolute atomic E-state index is 12.7. The number of aromatic nitrogens is 1. The number of amides is 2. The second kappa shape index (κ2) is 7.19. The van der Waals surface area contributed by atoms with Crippen LogP contribution in [-0.2, 0) is 4.74 Å². The van der Waals surface area contributed by atoms with Crippen molar-refractivity contribution >= 4 is 12.0 Å². The largest absolute Gasteiger partial charge is 0.444 e. The molecule has 1 aliphatic rings. The van der Waals surface area contributed by atoms with E-state index in [0.717, 1.165) is 0 Å². The maximum Gasteiger partial charge on any atom is 0.408 e. The minimum atomic E-state index is -0.602. The van der Waals surface area contributed by atoms with Gasteiger partial charge in [0, 0.05) is 25.1 Å². The summed E-state index contributed by atoms with van der Waals surface area (Å²) in [6.07, 6.45) is 0.0772. The molecule has 1 aliphatic heterocycles. The lowest BCUT2D eigenvalue weighted by molar-refractivity contribution is 0.0500. The van der Waals surface area contributed by atoms with E-state index in [1.807, 2.05) is 0 Å². The van der Waals surface area contributed by atoms with Gasteiger partial charge < -0.3 is 19.5 Å². The van der Waals surface area contributed by atoms with Gasteiger partial charge in [0.2, 0.25) is 0 Å². The van der Waals surface area contributed by atoms with Gasteiger partial charge in [-0.2, -0.15) is 0 Å². The summed E-state index contributed by atoms with van der Waals surface area (Å²) >= 11 is 0. The van der Waals surface area contributed by atoms with E-state index in [2.05, 4.69) is 10.5 Å². The van der Waals surface area contributed by atoms with E-state index in [-0.39, 0.29) is 17.5 Å². The van der Waals surface area contributed by atoms with Crippen molar-refractivity contribution in [3.05, 3.63) is 17.5 Å². The highest BCUT2D eigenvalue weighted by Crippen LogP contribution is 2.21. The van der Waals surface area contributed by atoms with Gasteiger partial charge in [-0.3, -0.25) is 9.18 Å². The Labute approximate surface area is 140 Å². The number of alkyl halides is 1. The Morgan fingerprint density at radius 2 is 2.25 bits per heavy atom. The second-order valence-corrected chi connectivity index (χ2v) is 7.04. The Morgan fingerprint density at radius 3 is 2.83 bits per heavy atom. The number of alkyl carbamates (subject to hydrolysis) is 1. The molecule has 1 fully saturated rings. The third-order valence-corrected chi connectivity index (χ3v) is 3.70. The molecule has 1 N–H and O–H groups in total. The van der Waals surface area contributed by atoms with Crippen molar-refractivity contribution in [3.8, 4) is 0 Å². The van der Waals surface area contributed by atoms with Crippen molar-refractivity contribution in [2.45, 2.75) is 45.8 Å². The van der Waals surface area contributed by atoms with Gasteiger partial charge in [-0.25, -0.2) is 4.79 Å². The van der Waals surface area contributed by atoms with Gasteiger partial charge in [-0.1, -0.05) is 5.16 Å². The first-order valence-electron chi connectivity index (χ1n) is 8.01. The smallest absolute Gasteiger partial charge is 0.408 e. The number of rotatable bonds is 4. The van der Waals surface area contributed by atoms with E-state index in [9.17, 15) is 14.0 Å². The van der Waals surface area contributed by atoms with Crippen LogP contribution in [0.1, 0.15) is 56.4 Å². The van der Waals surface area contributed by atoms with Crippen molar-refractivity contribution in [1.82, 2.24) is 15.4 Å². The zero-order valence-electron chi connectivity index (χ0n) is 14.5. The predicted octanol–water partition coefficient (Wildman–Crippen LogP) is 2.69. The summed E-state index contributed by atoms with van der Waals surface area (Å²) in [5, 5.41) is 6.38. The first kappa shape index (κ1) is 18.2. The SMILES string of the molecule is CC(NC(=O)OC(C)(C)C)c1cc(C(=O)N2CCC(CF)C2)no1. The van der Waals surface area contributed by atoms with E-state index >= 15 is 0 Å². The van der Waals surface area contributed by atoms with Crippen LogP contribution >= 0.6 is 0 Å². The van der Waals surface area contributed by atoms with Crippen LogP contribution in [0.3, 0.4) is 0 Å². The van der Waals surface area contributed by atoms with E-state index in [1.165, 1.54) is 6.07 Å². The molecular formula is C16H24FN3O4. The molecule has 2 rings (SSSR count). The number of hydrogen-bond acceptors (Lipinski definition) is 5. The topological polar surface area (TPSA) is 84.7 Å². The number of carbonyl (C=O) groups is 2. The molecular weight excluding hydrogens is 317 g/mol. The quantitative estimate of drug-likeness (QED) is 0.910. The molecule has 24 heavy (non-hydrogen) atoms. The number of nitrogens with one attached hydrogen (secondary N) is 1. The molecule has 2 atom stereocenters. The molecule has 0 aromatic carbocycles. The van der Waals surface area contributed by atoms with Crippen molar-refractivity contribution in [2.75, 3.05) is 19.8 Å². The van der Waals surface area contributed by atoms with E-state index < -0.39 is 24.4 Å². The van der Waals surface area contributed by atoms with Crippen LogP contribution in [0.4, 0.5) is 9.18 Å². The van der Waals surface area contributed by atoms with E-state index in [1.54, 1.807) is 32.6 Å². The molecule has 0 radical (unpaired) electrons. The molecule has 2 heterocycles. The highest BCUT2D eigenvalue weighted by Gasteiger charge is 2.29. The summed E-state index contributed by atoms with van der Waals surface area (Å²) in [4.78, 5) is 25.6. The molecule has 7 nitrogen and oxygen atoms in total. The van der Waals surface area contributed by atoms with Gasteiger partial charge in [-0.15, -0.1) is 0 Å². The van der Waals surface area contributed by atoms with Gasteiger partial charge in [0.15, 0.2) is 11.5 Å². The van der Waals surface area contributed by atoms with E-state index in [4.69, 9.17) is 9.26 Å². The van der Waals surface area contributed by atoms with Crippen molar-refractivity contribution < 1.29 is 23.2 Å². The highest BCUT2D eigenvalue weighted by atomic mass is 19.1. The number of carbonyl (C=O) groups excluding carboxylic acids is 2. The number of nitrogens with zero attached hydrogens (tertiary/aromatic N) is 2. The standard InChI is InChI=1S/C16H24FN3O4/c1-10(18-15(22)23-16(2,3)4)13-7-12(19-24-13)14(21)20-6-5-11(8-17)9-20/h7,10-11H,5-6,8-9H2,1-4H3,(H,18,22). The van der Waals surface area contributed by atoms with Crippen molar-refractivity contribution in [2.24, 2.45) is 5.92 Å². The lowest BCUT2D eigenvalue weighted by Crippen LogP contribution is -2.33.